The molecule has 0 atom stereocenters. The van der Waals surface area contributed by atoms with E-state index in [1.807, 2.05) is 0 Å². The summed E-state index contributed by atoms with van der Waals surface area (Å²) in [7, 11) is 1.46. The van der Waals surface area contributed by atoms with Crippen molar-refractivity contribution in [3.63, 3.8) is 0 Å². The van der Waals surface area contributed by atoms with Crippen molar-refractivity contribution >= 4 is 5.91 Å². The summed E-state index contributed by atoms with van der Waals surface area (Å²) in [6.07, 6.45) is 1.82. The average Bonchev–Trinajstić information content (AvgIpc) is 3.15. The van der Waals surface area contributed by atoms with Crippen molar-refractivity contribution in [1.82, 2.24) is 19.4 Å². The van der Waals surface area contributed by atoms with E-state index < -0.39 is 17.6 Å². The number of nitrogens with zero attached hydrogens (tertiary/aromatic N) is 4. The molecule has 0 saturated heterocycles. The van der Waals surface area contributed by atoms with E-state index in [1.54, 1.807) is 35.4 Å². The summed E-state index contributed by atoms with van der Waals surface area (Å²) in [6, 6.07) is 8.45. The second-order valence-corrected chi connectivity index (χ2v) is 5.69. The van der Waals surface area contributed by atoms with Gasteiger partial charge < -0.3 is 4.90 Å². The predicted molar refractivity (Wildman–Crippen MR) is 88.6 cm³/mol. The fourth-order valence-corrected chi connectivity index (χ4v) is 2.54. The molecule has 0 saturated carbocycles. The van der Waals surface area contributed by atoms with Gasteiger partial charge in [-0.2, -0.15) is 13.2 Å². The van der Waals surface area contributed by atoms with E-state index in [4.69, 9.17) is 0 Å². The standard InChI is InChI=1S/C18H15F3N4O/c1-24(11-14-4-2-3-5-15(14)18(19,20)21)17(26)13-6-7-16(23-10-13)25-9-8-22-12-25/h2-10,12H,11H2,1H3. The maximum atomic E-state index is 13.1. The van der Waals surface area contributed by atoms with Crippen LogP contribution in [0.25, 0.3) is 5.82 Å². The third kappa shape index (κ3) is 3.74. The summed E-state index contributed by atoms with van der Waals surface area (Å²) < 4.78 is 40.9. The molecule has 5 nitrogen and oxygen atoms in total. The first-order chi connectivity index (χ1) is 12.4. The number of alkyl halides is 3. The number of carbonyl (C=O) groups excluding carboxylic acids is 1. The van der Waals surface area contributed by atoms with Gasteiger partial charge in [-0.3, -0.25) is 9.36 Å². The third-order valence-corrected chi connectivity index (χ3v) is 3.84. The minimum Gasteiger partial charge on any atom is -0.337 e. The Morgan fingerprint density at radius 1 is 1.19 bits per heavy atom. The van der Waals surface area contributed by atoms with Gasteiger partial charge in [0.1, 0.15) is 12.1 Å². The van der Waals surface area contributed by atoms with E-state index in [0.717, 1.165) is 6.07 Å². The monoisotopic (exact) mass is 360 g/mol. The van der Waals surface area contributed by atoms with Crippen molar-refractivity contribution in [3.8, 4) is 5.82 Å². The molecule has 0 radical (unpaired) electrons. The second kappa shape index (κ2) is 6.99. The average molecular weight is 360 g/mol. The van der Waals surface area contributed by atoms with Crippen molar-refractivity contribution in [2.45, 2.75) is 12.7 Å². The minimum atomic E-state index is -4.46. The molecule has 0 spiro atoms. The van der Waals surface area contributed by atoms with E-state index in [2.05, 4.69) is 9.97 Å². The van der Waals surface area contributed by atoms with Crippen LogP contribution in [-0.4, -0.2) is 32.4 Å². The van der Waals surface area contributed by atoms with Crippen LogP contribution in [0, 0.1) is 0 Å². The number of halogens is 3. The lowest BCUT2D eigenvalue weighted by atomic mass is 10.1. The highest BCUT2D eigenvalue weighted by Gasteiger charge is 2.33. The number of carbonyl (C=O) groups is 1. The minimum absolute atomic E-state index is 0.0406. The molecule has 0 unspecified atom stereocenters. The van der Waals surface area contributed by atoms with Crippen LogP contribution in [0.4, 0.5) is 13.2 Å². The van der Waals surface area contributed by atoms with Gasteiger partial charge in [-0.05, 0) is 23.8 Å². The Kier molecular flexibility index (Phi) is 4.75. The number of benzene rings is 1. The summed E-state index contributed by atoms with van der Waals surface area (Å²) in [4.78, 5) is 21.8. The SMILES string of the molecule is CN(Cc1ccccc1C(F)(F)F)C(=O)c1ccc(-n2ccnc2)nc1. The van der Waals surface area contributed by atoms with Crippen molar-refractivity contribution in [2.75, 3.05) is 7.05 Å². The number of imidazole rings is 1. The van der Waals surface area contributed by atoms with Gasteiger partial charge in [0.2, 0.25) is 0 Å². The molecule has 0 aliphatic rings. The van der Waals surface area contributed by atoms with Crippen molar-refractivity contribution in [3.05, 3.63) is 78.0 Å². The zero-order valence-corrected chi connectivity index (χ0v) is 13.8. The summed E-state index contributed by atoms with van der Waals surface area (Å²) in [5.74, 6) is 0.177. The summed E-state index contributed by atoms with van der Waals surface area (Å²) >= 11 is 0. The van der Waals surface area contributed by atoms with Crippen LogP contribution in [0.5, 0.6) is 0 Å². The number of pyridine rings is 1. The first kappa shape index (κ1) is 17.7. The molecule has 0 bridgehead atoms. The highest BCUT2D eigenvalue weighted by Crippen LogP contribution is 2.32. The highest BCUT2D eigenvalue weighted by atomic mass is 19.4. The molecule has 0 N–H and O–H groups in total. The molecule has 1 aromatic carbocycles. The lowest BCUT2D eigenvalue weighted by molar-refractivity contribution is -0.138. The quantitative estimate of drug-likeness (QED) is 0.715. The summed E-state index contributed by atoms with van der Waals surface area (Å²) in [5.41, 5.74) is -0.409. The lowest BCUT2D eigenvalue weighted by Crippen LogP contribution is -2.27. The Labute approximate surface area is 147 Å². The van der Waals surface area contributed by atoms with Gasteiger partial charge in [0, 0.05) is 32.2 Å². The lowest BCUT2D eigenvalue weighted by Gasteiger charge is -2.20. The van der Waals surface area contributed by atoms with Crippen molar-refractivity contribution in [2.24, 2.45) is 0 Å². The Balaban J connectivity index is 1.77. The van der Waals surface area contributed by atoms with E-state index in [0.29, 0.717) is 11.4 Å². The van der Waals surface area contributed by atoms with Crippen molar-refractivity contribution in [1.29, 1.82) is 0 Å². The second-order valence-electron chi connectivity index (χ2n) is 5.69. The Hall–Kier alpha value is -3.16. The highest BCUT2D eigenvalue weighted by molar-refractivity contribution is 5.93. The van der Waals surface area contributed by atoms with E-state index in [1.165, 1.54) is 36.3 Å². The number of amides is 1. The topological polar surface area (TPSA) is 51.0 Å². The largest absolute Gasteiger partial charge is 0.416 e. The van der Waals surface area contributed by atoms with E-state index in [-0.39, 0.29) is 12.1 Å². The molecule has 3 aromatic rings. The Bertz CT molecular complexity index is 890. The maximum absolute atomic E-state index is 13.1. The fraction of sp³-hybridized carbons (Fsp3) is 0.167. The number of aromatic nitrogens is 3. The molecule has 0 aliphatic carbocycles. The van der Waals surface area contributed by atoms with Crippen molar-refractivity contribution < 1.29 is 18.0 Å². The van der Waals surface area contributed by atoms with Crippen LogP contribution in [0.2, 0.25) is 0 Å². The van der Waals surface area contributed by atoms with Gasteiger partial charge in [-0.1, -0.05) is 18.2 Å². The van der Waals surface area contributed by atoms with Crippen LogP contribution in [0.3, 0.4) is 0 Å². The number of hydrogen-bond donors (Lipinski definition) is 0. The molecule has 2 aromatic heterocycles. The maximum Gasteiger partial charge on any atom is 0.416 e. The zero-order chi connectivity index (χ0) is 18.7. The molecule has 26 heavy (non-hydrogen) atoms. The molecule has 2 heterocycles. The van der Waals surface area contributed by atoms with Gasteiger partial charge in [-0.15, -0.1) is 0 Å². The Morgan fingerprint density at radius 2 is 1.96 bits per heavy atom. The van der Waals surface area contributed by atoms with Crippen LogP contribution in [0.1, 0.15) is 21.5 Å². The molecule has 134 valence electrons. The summed E-state index contributed by atoms with van der Waals surface area (Å²) in [6.45, 7) is -0.155. The van der Waals surface area contributed by atoms with E-state index in [9.17, 15) is 18.0 Å². The molecular formula is C18H15F3N4O. The molecule has 0 fully saturated rings. The Morgan fingerprint density at radius 3 is 2.58 bits per heavy atom. The summed E-state index contributed by atoms with van der Waals surface area (Å²) in [5, 5.41) is 0. The smallest absolute Gasteiger partial charge is 0.337 e. The molecule has 1 amide bonds. The van der Waals surface area contributed by atoms with Gasteiger partial charge in [0.05, 0.1) is 11.1 Å². The molecule has 3 rings (SSSR count). The predicted octanol–water partition coefficient (Wildman–Crippen LogP) is 3.56. The normalized spacial score (nSPS) is 11.4. The number of rotatable bonds is 4. The fourth-order valence-electron chi connectivity index (χ4n) is 2.54. The van der Waals surface area contributed by atoms with E-state index >= 15 is 0 Å². The van der Waals surface area contributed by atoms with Crippen LogP contribution < -0.4 is 0 Å². The van der Waals surface area contributed by atoms with Gasteiger partial charge in [0.25, 0.3) is 5.91 Å². The van der Waals surface area contributed by atoms with Gasteiger partial charge in [0.15, 0.2) is 0 Å². The molecular weight excluding hydrogens is 345 g/mol. The molecule has 0 aliphatic heterocycles. The number of hydrogen-bond acceptors (Lipinski definition) is 3. The van der Waals surface area contributed by atoms with Crippen LogP contribution >= 0.6 is 0 Å². The van der Waals surface area contributed by atoms with Gasteiger partial charge >= 0.3 is 6.18 Å². The van der Waals surface area contributed by atoms with Gasteiger partial charge in [-0.25, -0.2) is 9.97 Å². The first-order valence-corrected chi connectivity index (χ1v) is 7.71. The van der Waals surface area contributed by atoms with Crippen LogP contribution in [-0.2, 0) is 12.7 Å². The zero-order valence-electron chi connectivity index (χ0n) is 13.8. The first-order valence-electron chi connectivity index (χ1n) is 7.71. The molecule has 8 heteroatoms. The van der Waals surface area contributed by atoms with Crippen LogP contribution in [0.15, 0.2) is 61.3 Å². The third-order valence-electron chi connectivity index (χ3n) is 3.84.